The predicted molar refractivity (Wildman–Crippen MR) is 72.2 cm³/mol. The van der Waals surface area contributed by atoms with Gasteiger partial charge in [-0.3, -0.25) is 4.79 Å². The maximum atomic E-state index is 12.5. The summed E-state index contributed by atoms with van der Waals surface area (Å²) in [7, 11) is 0. The smallest absolute Gasteiger partial charge is 0.299 e. The van der Waals surface area contributed by atoms with Crippen molar-refractivity contribution in [2.24, 2.45) is 11.8 Å². The maximum absolute atomic E-state index is 12.5. The molecule has 0 spiro atoms. The van der Waals surface area contributed by atoms with Gasteiger partial charge in [-0.05, 0) is 53.7 Å². The highest BCUT2D eigenvalue weighted by atomic mass is 79.9. The Labute approximate surface area is 122 Å². The van der Waals surface area contributed by atoms with Crippen molar-refractivity contribution in [3.05, 3.63) is 20.8 Å². The van der Waals surface area contributed by atoms with Gasteiger partial charge in [0, 0.05) is 17.2 Å². The minimum Gasteiger partial charge on any atom is -0.299 e. The van der Waals surface area contributed by atoms with E-state index in [1.54, 1.807) is 0 Å². The molecule has 1 heterocycles. The highest BCUT2D eigenvalue weighted by Gasteiger charge is 2.42. The van der Waals surface area contributed by atoms with Crippen LogP contribution in [0, 0.1) is 11.8 Å². The molecule has 6 heteroatoms. The fourth-order valence-corrected chi connectivity index (χ4v) is 4.00. The van der Waals surface area contributed by atoms with Crippen molar-refractivity contribution >= 4 is 33.0 Å². The Bertz CT molecular complexity index is 447. The van der Waals surface area contributed by atoms with E-state index < -0.39 is 12.1 Å². The zero-order chi connectivity index (χ0) is 14.0. The molecule has 1 aliphatic carbocycles. The molecule has 1 aliphatic rings. The predicted octanol–water partition coefficient (Wildman–Crippen LogP) is 4.99. The van der Waals surface area contributed by atoms with E-state index in [9.17, 15) is 18.0 Å². The van der Waals surface area contributed by atoms with Crippen molar-refractivity contribution in [3.63, 3.8) is 0 Å². The molecular weight excluding hydrogens is 341 g/mol. The number of carbonyl (C=O) groups excluding carboxylic acids is 1. The molecule has 106 valence electrons. The largest absolute Gasteiger partial charge is 0.391 e. The second-order valence-electron chi connectivity index (χ2n) is 4.94. The van der Waals surface area contributed by atoms with E-state index in [0.29, 0.717) is 19.3 Å². The van der Waals surface area contributed by atoms with Gasteiger partial charge in [0.25, 0.3) is 0 Å². The summed E-state index contributed by atoms with van der Waals surface area (Å²) >= 11 is 4.83. The molecule has 1 nitrogen and oxygen atoms in total. The number of halogens is 4. The first-order chi connectivity index (χ1) is 8.86. The first-order valence-electron chi connectivity index (χ1n) is 6.20. The first-order valence-corrected chi connectivity index (χ1v) is 7.81. The van der Waals surface area contributed by atoms with Gasteiger partial charge < -0.3 is 0 Å². The lowest BCUT2D eigenvalue weighted by Crippen LogP contribution is -2.30. The van der Waals surface area contributed by atoms with Crippen molar-refractivity contribution in [2.75, 3.05) is 0 Å². The molecule has 19 heavy (non-hydrogen) atoms. The van der Waals surface area contributed by atoms with E-state index >= 15 is 0 Å². The fraction of sp³-hybridized carbons (Fsp3) is 0.615. The molecule has 0 bridgehead atoms. The summed E-state index contributed by atoms with van der Waals surface area (Å²) in [5.74, 6) is -1.33. The van der Waals surface area contributed by atoms with Gasteiger partial charge in [-0.25, -0.2) is 0 Å². The van der Waals surface area contributed by atoms with E-state index in [1.807, 2.05) is 12.1 Å². The van der Waals surface area contributed by atoms with E-state index in [2.05, 4.69) is 15.9 Å². The Morgan fingerprint density at radius 3 is 2.37 bits per heavy atom. The number of carbonyl (C=O) groups is 1. The molecule has 0 aromatic carbocycles. The Hall–Kier alpha value is -0.360. The summed E-state index contributed by atoms with van der Waals surface area (Å²) in [6, 6.07) is 3.77. The van der Waals surface area contributed by atoms with Crippen molar-refractivity contribution in [3.8, 4) is 0 Å². The van der Waals surface area contributed by atoms with Gasteiger partial charge in [0.1, 0.15) is 5.78 Å². The third kappa shape index (κ3) is 4.05. The van der Waals surface area contributed by atoms with Crippen LogP contribution in [-0.4, -0.2) is 12.0 Å². The van der Waals surface area contributed by atoms with Gasteiger partial charge in [0.2, 0.25) is 0 Å². The molecule has 0 unspecified atom stereocenters. The van der Waals surface area contributed by atoms with Crippen LogP contribution in [0.2, 0.25) is 0 Å². The first kappa shape index (κ1) is 15.0. The van der Waals surface area contributed by atoms with Crippen LogP contribution in [0.1, 0.15) is 30.6 Å². The number of ketones is 1. The average Bonchev–Trinajstić information content (AvgIpc) is 2.74. The van der Waals surface area contributed by atoms with E-state index in [1.165, 1.54) is 11.3 Å². The summed E-state index contributed by atoms with van der Waals surface area (Å²) in [5.41, 5.74) is 0. The van der Waals surface area contributed by atoms with Gasteiger partial charge >= 0.3 is 6.18 Å². The van der Waals surface area contributed by atoms with Crippen LogP contribution in [0.4, 0.5) is 13.2 Å². The minimum atomic E-state index is -4.10. The van der Waals surface area contributed by atoms with Gasteiger partial charge in [0.05, 0.1) is 9.70 Å². The summed E-state index contributed by atoms with van der Waals surface area (Å²) < 4.78 is 38.6. The van der Waals surface area contributed by atoms with Crippen LogP contribution in [0.5, 0.6) is 0 Å². The summed E-state index contributed by atoms with van der Waals surface area (Å²) in [6.45, 7) is 0. The van der Waals surface area contributed by atoms with Gasteiger partial charge in [-0.2, -0.15) is 13.2 Å². The molecule has 1 fully saturated rings. The van der Waals surface area contributed by atoms with Crippen LogP contribution in [-0.2, 0) is 11.2 Å². The normalized spacial score (nSPS) is 24.4. The van der Waals surface area contributed by atoms with E-state index in [0.717, 1.165) is 8.66 Å². The molecule has 0 atom stereocenters. The number of hydrogen-bond donors (Lipinski definition) is 0. The molecule has 2 rings (SSSR count). The molecule has 0 aliphatic heterocycles. The SMILES string of the molecule is O=C(Cc1ccc(Br)s1)C1CCC(C(F)(F)F)CC1. The van der Waals surface area contributed by atoms with E-state index in [-0.39, 0.29) is 24.5 Å². The lowest BCUT2D eigenvalue weighted by Gasteiger charge is -2.28. The van der Waals surface area contributed by atoms with Crippen LogP contribution in [0.3, 0.4) is 0 Å². The van der Waals surface area contributed by atoms with Crippen molar-refractivity contribution in [1.82, 2.24) is 0 Å². The quantitative estimate of drug-likeness (QED) is 0.747. The van der Waals surface area contributed by atoms with Crippen LogP contribution in [0.25, 0.3) is 0 Å². The van der Waals surface area contributed by atoms with Crippen molar-refractivity contribution < 1.29 is 18.0 Å². The summed E-state index contributed by atoms with van der Waals surface area (Å²) in [4.78, 5) is 13.0. The molecule has 0 amide bonds. The average molecular weight is 355 g/mol. The lowest BCUT2D eigenvalue weighted by molar-refractivity contribution is -0.184. The molecule has 0 saturated heterocycles. The number of rotatable bonds is 3. The summed E-state index contributed by atoms with van der Waals surface area (Å²) in [5, 5.41) is 0. The molecule has 0 N–H and O–H groups in total. The Morgan fingerprint density at radius 1 is 1.26 bits per heavy atom. The van der Waals surface area contributed by atoms with Crippen molar-refractivity contribution in [1.29, 1.82) is 0 Å². The third-order valence-electron chi connectivity index (χ3n) is 3.62. The third-order valence-corrected chi connectivity index (χ3v) is 5.25. The number of thiophene rings is 1. The monoisotopic (exact) mass is 354 g/mol. The molecule has 1 aromatic rings. The van der Waals surface area contributed by atoms with E-state index in [4.69, 9.17) is 0 Å². The minimum absolute atomic E-state index is 0.0787. The zero-order valence-electron chi connectivity index (χ0n) is 10.2. The number of Topliss-reactive ketones (excluding diaryl/α,β-unsaturated/α-hetero) is 1. The van der Waals surface area contributed by atoms with Crippen LogP contribution in [0.15, 0.2) is 15.9 Å². The number of alkyl halides is 3. The zero-order valence-corrected chi connectivity index (χ0v) is 12.6. The Morgan fingerprint density at radius 2 is 1.89 bits per heavy atom. The summed E-state index contributed by atoms with van der Waals surface area (Å²) in [6.07, 6.45) is -2.84. The van der Waals surface area contributed by atoms with Gasteiger partial charge in [0.15, 0.2) is 0 Å². The Balaban J connectivity index is 1.86. The second kappa shape index (κ2) is 5.95. The highest BCUT2D eigenvalue weighted by molar-refractivity contribution is 9.11. The van der Waals surface area contributed by atoms with Gasteiger partial charge in [-0.1, -0.05) is 0 Å². The molecule has 0 radical (unpaired) electrons. The maximum Gasteiger partial charge on any atom is 0.391 e. The van der Waals surface area contributed by atoms with Crippen LogP contribution >= 0.6 is 27.3 Å². The van der Waals surface area contributed by atoms with Crippen molar-refractivity contribution in [2.45, 2.75) is 38.3 Å². The fourth-order valence-electron chi connectivity index (χ4n) is 2.51. The topological polar surface area (TPSA) is 17.1 Å². The van der Waals surface area contributed by atoms with Gasteiger partial charge in [-0.15, -0.1) is 11.3 Å². The lowest BCUT2D eigenvalue weighted by atomic mass is 9.79. The molecule has 1 aromatic heterocycles. The van der Waals surface area contributed by atoms with Crippen LogP contribution < -0.4 is 0 Å². The number of hydrogen-bond acceptors (Lipinski definition) is 2. The highest BCUT2D eigenvalue weighted by Crippen LogP contribution is 2.40. The Kier molecular flexibility index (Phi) is 4.71. The molecular formula is C13H14BrF3OS. The molecule has 1 saturated carbocycles. The standard InChI is InChI=1S/C13H14BrF3OS/c14-12-6-5-10(19-12)7-11(18)8-1-3-9(4-2-8)13(15,16)17/h5-6,8-9H,1-4,7H2. The second-order valence-corrected chi connectivity index (χ2v) is 7.49.